The van der Waals surface area contributed by atoms with Gasteiger partial charge >= 0.3 is 0 Å². The van der Waals surface area contributed by atoms with E-state index in [1.54, 1.807) is 43.2 Å². The Balaban J connectivity index is 2.18. The van der Waals surface area contributed by atoms with Crippen molar-refractivity contribution in [1.82, 2.24) is 10.2 Å². The van der Waals surface area contributed by atoms with Crippen molar-refractivity contribution in [3.8, 4) is 5.75 Å². The Kier molecular flexibility index (Phi) is 10.8. The van der Waals surface area contributed by atoms with Gasteiger partial charge in [0.15, 0.2) is 0 Å². The zero-order valence-electron chi connectivity index (χ0n) is 22.2. The number of benzene rings is 2. The van der Waals surface area contributed by atoms with Gasteiger partial charge < -0.3 is 15.0 Å². The monoisotopic (exact) mass is 517 g/mol. The van der Waals surface area contributed by atoms with Gasteiger partial charge in [-0.1, -0.05) is 31.2 Å². The predicted octanol–water partition coefficient (Wildman–Crippen LogP) is 3.88. The number of rotatable bonds is 13. The SMILES string of the molecule is CC[C@@H](C)NC(=O)[C@H](C)N(Cc1ccccc1C)C(=O)CCCN(c1ccc(OC)cc1)S(C)(=O)=O. The molecule has 0 radical (unpaired) electrons. The van der Waals surface area contributed by atoms with Crippen molar-refractivity contribution in [2.24, 2.45) is 0 Å². The van der Waals surface area contributed by atoms with Crippen LogP contribution in [-0.2, 0) is 26.2 Å². The molecule has 2 aromatic carbocycles. The van der Waals surface area contributed by atoms with Crippen molar-refractivity contribution in [1.29, 1.82) is 0 Å². The minimum Gasteiger partial charge on any atom is -0.497 e. The van der Waals surface area contributed by atoms with Crippen LogP contribution in [0.4, 0.5) is 5.69 Å². The average Bonchev–Trinajstić information content (AvgIpc) is 2.84. The second-order valence-corrected chi connectivity index (χ2v) is 11.0. The number of methoxy groups -OCH3 is 1. The summed E-state index contributed by atoms with van der Waals surface area (Å²) in [5, 5.41) is 2.96. The maximum atomic E-state index is 13.4. The minimum absolute atomic E-state index is 0.00294. The molecule has 36 heavy (non-hydrogen) atoms. The molecule has 2 aromatic rings. The number of carbonyl (C=O) groups is 2. The van der Waals surface area contributed by atoms with Gasteiger partial charge in [-0.15, -0.1) is 0 Å². The van der Waals surface area contributed by atoms with E-state index < -0.39 is 16.1 Å². The van der Waals surface area contributed by atoms with Gasteiger partial charge in [0.2, 0.25) is 21.8 Å². The van der Waals surface area contributed by atoms with Crippen molar-refractivity contribution >= 4 is 27.5 Å². The molecule has 0 spiro atoms. The summed E-state index contributed by atoms with van der Waals surface area (Å²) in [6.07, 6.45) is 2.35. The smallest absolute Gasteiger partial charge is 0.242 e. The van der Waals surface area contributed by atoms with Crippen LogP contribution in [0.2, 0.25) is 0 Å². The van der Waals surface area contributed by atoms with E-state index in [9.17, 15) is 18.0 Å². The van der Waals surface area contributed by atoms with Crippen molar-refractivity contribution in [2.75, 3.05) is 24.2 Å². The first-order chi connectivity index (χ1) is 17.0. The van der Waals surface area contributed by atoms with Crippen LogP contribution >= 0.6 is 0 Å². The summed E-state index contributed by atoms with van der Waals surface area (Å²) in [7, 11) is -2.01. The zero-order valence-corrected chi connectivity index (χ0v) is 23.0. The fourth-order valence-corrected chi connectivity index (χ4v) is 4.74. The van der Waals surface area contributed by atoms with E-state index >= 15 is 0 Å². The molecular weight excluding hydrogens is 478 g/mol. The van der Waals surface area contributed by atoms with Crippen LogP contribution in [0.3, 0.4) is 0 Å². The standard InChI is InChI=1S/C27H39N3O5S/c1-7-21(3)28-27(32)22(4)29(19-23-12-9-8-11-20(23)2)26(31)13-10-18-30(36(6,33)34)24-14-16-25(35-5)17-15-24/h8-9,11-12,14-17,21-22H,7,10,13,18-19H2,1-6H3,(H,28,32)/t21-,22+/m1/s1. The molecule has 2 rings (SSSR count). The Morgan fingerprint density at radius 3 is 2.25 bits per heavy atom. The fourth-order valence-electron chi connectivity index (χ4n) is 3.77. The Labute approximate surface area is 215 Å². The van der Waals surface area contributed by atoms with E-state index in [4.69, 9.17) is 4.74 Å². The van der Waals surface area contributed by atoms with Crippen LogP contribution in [0.25, 0.3) is 0 Å². The van der Waals surface area contributed by atoms with Crippen LogP contribution in [-0.4, -0.2) is 57.1 Å². The maximum absolute atomic E-state index is 13.4. The molecule has 0 fully saturated rings. The third kappa shape index (κ3) is 8.26. The molecule has 0 aliphatic carbocycles. The molecule has 0 saturated heterocycles. The Morgan fingerprint density at radius 2 is 1.69 bits per heavy atom. The van der Waals surface area contributed by atoms with Crippen LogP contribution in [0.1, 0.15) is 51.2 Å². The second-order valence-electron chi connectivity index (χ2n) is 9.08. The first-order valence-electron chi connectivity index (χ1n) is 12.2. The minimum atomic E-state index is -3.55. The number of amides is 2. The highest BCUT2D eigenvalue weighted by Gasteiger charge is 2.27. The molecule has 0 aliphatic heterocycles. The third-order valence-corrected chi connectivity index (χ3v) is 7.48. The number of ether oxygens (including phenoxy) is 1. The summed E-state index contributed by atoms with van der Waals surface area (Å²) in [5.41, 5.74) is 2.50. The summed E-state index contributed by atoms with van der Waals surface area (Å²) < 4.78 is 31.3. The lowest BCUT2D eigenvalue weighted by atomic mass is 10.1. The van der Waals surface area contributed by atoms with Gasteiger partial charge in [-0.05, 0) is 69.0 Å². The molecule has 0 bridgehead atoms. The highest BCUT2D eigenvalue weighted by atomic mass is 32.2. The molecule has 2 amide bonds. The van der Waals surface area contributed by atoms with E-state index in [-0.39, 0.29) is 30.8 Å². The van der Waals surface area contributed by atoms with Gasteiger partial charge in [0.05, 0.1) is 19.1 Å². The number of hydrogen-bond donors (Lipinski definition) is 1. The predicted molar refractivity (Wildman–Crippen MR) is 144 cm³/mol. The molecular formula is C27H39N3O5S. The molecule has 9 heteroatoms. The van der Waals surface area contributed by atoms with Crippen molar-refractivity contribution < 1.29 is 22.7 Å². The highest BCUT2D eigenvalue weighted by Crippen LogP contribution is 2.22. The molecule has 0 unspecified atom stereocenters. The first-order valence-corrected chi connectivity index (χ1v) is 14.1. The fraction of sp³-hybridized carbons (Fsp3) is 0.481. The lowest BCUT2D eigenvalue weighted by Gasteiger charge is -2.30. The largest absolute Gasteiger partial charge is 0.497 e. The van der Waals surface area contributed by atoms with Gasteiger partial charge in [-0.2, -0.15) is 0 Å². The van der Waals surface area contributed by atoms with Gasteiger partial charge in [-0.25, -0.2) is 8.42 Å². The molecule has 2 atom stereocenters. The van der Waals surface area contributed by atoms with Gasteiger partial charge in [0, 0.05) is 25.6 Å². The molecule has 0 saturated carbocycles. The molecule has 8 nitrogen and oxygen atoms in total. The number of nitrogens with zero attached hydrogens (tertiary/aromatic N) is 2. The average molecular weight is 518 g/mol. The normalized spacial score (nSPS) is 12.9. The quantitative estimate of drug-likeness (QED) is 0.435. The van der Waals surface area contributed by atoms with Gasteiger partial charge in [-0.3, -0.25) is 13.9 Å². The van der Waals surface area contributed by atoms with Crippen molar-refractivity contribution in [3.05, 3.63) is 59.7 Å². The van der Waals surface area contributed by atoms with E-state index in [2.05, 4.69) is 5.32 Å². The van der Waals surface area contributed by atoms with Crippen LogP contribution in [0.15, 0.2) is 48.5 Å². The summed E-state index contributed by atoms with van der Waals surface area (Å²) in [6, 6.07) is 13.8. The Hall–Kier alpha value is -3.07. The summed E-state index contributed by atoms with van der Waals surface area (Å²) in [6.45, 7) is 8.06. The van der Waals surface area contributed by atoms with E-state index in [0.29, 0.717) is 24.4 Å². The summed E-state index contributed by atoms with van der Waals surface area (Å²) >= 11 is 0. The van der Waals surface area contributed by atoms with Crippen molar-refractivity contribution in [2.45, 2.75) is 65.6 Å². The molecule has 0 aliphatic rings. The number of sulfonamides is 1. The van der Waals surface area contributed by atoms with E-state index in [1.807, 2.05) is 45.0 Å². The van der Waals surface area contributed by atoms with Crippen LogP contribution in [0, 0.1) is 6.92 Å². The summed E-state index contributed by atoms with van der Waals surface area (Å²) in [5.74, 6) is 0.217. The highest BCUT2D eigenvalue weighted by molar-refractivity contribution is 7.92. The lowest BCUT2D eigenvalue weighted by molar-refractivity contribution is -0.140. The van der Waals surface area contributed by atoms with Gasteiger partial charge in [0.1, 0.15) is 11.8 Å². The second kappa shape index (κ2) is 13.3. The van der Waals surface area contributed by atoms with Crippen LogP contribution < -0.4 is 14.4 Å². The summed E-state index contributed by atoms with van der Waals surface area (Å²) in [4.78, 5) is 27.8. The number of anilines is 1. The number of hydrogen-bond acceptors (Lipinski definition) is 5. The lowest BCUT2D eigenvalue weighted by Crippen LogP contribution is -2.49. The van der Waals surface area contributed by atoms with Crippen molar-refractivity contribution in [3.63, 3.8) is 0 Å². The molecule has 198 valence electrons. The van der Waals surface area contributed by atoms with E-state index in [1.165, 1.54) is 4.31 Å². The van der Waals surface area contributed by atoms with E-state index in [0.717, 1.165) is 23.8 Å². The first kappa shape index (κ1) is 29.2. The third-order valence-electron chi connectivity index (χ3n) is 6.28. The van der Waals surface area contributed by atoms with Crippen LogP contribution in [0.5, 0.6) is 5.75 Å². The topological polar surface area (TPSA) is 96.0 Å². The molecule has 1 N–H and O–H groups in total. The number of nitrogens with one attached hydrogen (secondary N) is 1. The molecule has 0 heterocycles. The zero-order chi connectivity index (χ0) is 26.9. The Morgan fingerprint density at radius 1 is 1.06 bits per heavy atom. The number of carbonyl (C=O) groups excluding carboxylic acids is 2. The van der Waals surface area contributed by atoms with Gasteiger partial charge in [0.25, 0.3) is 0 Å². The number of aryl methyl sites for hydroxylation is 1. The Bertz CT molecular complexity index is 1120. The molecule has 0 aromatic heterocycles. The maximum Gasteiger partial charge on any atom is 0.242 e.